The molecule has 9 heteroatoms. The number of carbonyl (C=O) groups is 2. The van der Waals surface area contributed by atoms with E-state index in [0.717, 1.165) is 23.4 Å². The van der Waals surface area contributed by atoms with Gasteiger partial charge in [0, 0.05) is 20.2 Å². The van der Waals surface area contributed by atoms with Crippen molar-refractivity contribution in [3.05, 3.63) is 59.7 Å². The monoisotopic (exact) mass is 431 g/mol. The van der Waals surface area contributed by atoms with Crippen LogP contribution >= 0.6 is 0 Å². The largest absolute Gasteiger partial charge is 0.376 e. The van der Waals surface area contributed by atoms with Crippen LogP contribution in [0.25, 0.3) is 0 Å². The summed E-state index contributed by atoms with van der Waals surface area (Å²) in [5.41, 5.74) is 1.08. The molecule has 0 aromatic heterocycles. The molecule has 8 nitrogen and oxygen atoms in total. The van der Waals surface area contributed by atoms with Crippen LogP contribution in [-0.2, 0) is 14.8 Å². The predicted molar refractivity (Wildman–Crippen MR) is 115 cm³/mol. The Morgan fingerprint density at radius 3 is 2.40 bits per heavy atom. The lowest BCUT2D eigenvalue weighted by Gasteiger charge is -2.20. The van der Waals surface area contributed by atoms with Crippen LogP contribution in [0, 0.1) is 0 Å². The van der Waals surface area contributed by atoms with Gasteiger partial charge >= 0.3 is 0 Å². The second kappa shape index (κ2) is 9.27. The number of nitrogens with one attached hydrogen (secondary N) is 2. The van der Waals surface area contributed by atoms with Crippen molar-refractivity contribution in [1.82, 2.24) is 5.32 Å². The molecular weight excluding hydrogens is 406 g/mol. The van der Waals surface area contributed by atoms with Crippen molar-refractivity contribution in [2.75, 3.05) is 36.1 Å². The third kappa shape index (κ3) is 5.17. The van der Waals surface area contributed by atoms with Gasteiger partial charge in [-0.2, -0.15) is 0 Å². The van der Waals surface area contributed by atoms with E-state index >= 15 is 0 Å². The van der Waals surface area contributed by atoms with Gasteiger partial charge in [0.1, 0.15) is 0 Å². The number of hydrogen-bond acceptors (Lipinski definition) is 5. The number of benzene rings is 2. The average Bonchev–Trinajstić information content (AvgIpc) is 3.25. The number of anilines is 2. The summed E-state index contributed by atoms with van der Waals surface area (Å²) < 4.78 is 30.4. The molecule has 0 radical (unpaired) electrons. The van der Waals surface area contributed by atoms with Gasteiger partial charge in [0.25, 0.3) is 11.8 Å². The molecule has 0 saturated carbocycles. The first-order valence-electron chi connectivity index (χ1n) is 9.60. The maximum absolute atomic E-state index is 12.9. The summed E-state index contributed by atoms with van der Waals surface area (Å²) in [6.45, 7) is 1.11. The summed E-state index contributed by atoms with van der Waals surface area (Å²) in [6.07, 6.45) is 2.96. The topological polar surface area (TPSA) is 105 Å². The first kappa shape index (κ1) is 21.8. The summed E-state index contributed by atoms with van der Waals surface area (Å²) in [5.74, 6) is -0.830. The van der Waals surface area contributed by atoms with Crippen LogP contribution in [0.4, 0.5) is 11.4 Å². The van der Waals surface area contributed by atoms with E-state index in [9.17, 15) is 18.0 Å². The van der Waals surface area contributed by atoms with Crippen LogP contribution in [0.1, 0.15) is 33.6 Å². The van der Waals surface area contributed by atoms with Gasteiger partial charge in [-0.1, -0.05) is 24.3 Å². The van der Waals surface area contributed by atoms with E-state index in [1.54, 1.807) is 42.5 Å². The van der Waals surface area contributed by atoms with Gasteiger partial charge in [0.2, 0.25) is 10.0 Å². The van der Waals surface area contributed by atoms with Crippen LogP contribution in [0.3, 0.4) is 0 Å². The summed E-state index contributed by atoms with van der Waals surface area (Å²) in [4.78, 5) is 25.6. The number of amides is 2. The number of ether oxygens (including phenoxy) is 1. The van der Waals surface area contributed by atoms with E-state index in [1.165, 1.54) is 13.1 Å². The van der Waals surface area contributed by atoms with Crippen LogP contribution in [0.15, 0.2) is 48.5 Å². The lowest BCUT2D eigenvalue weighted by molar-refractivity contribution is 0.0858. The molecule has 1 aliphatic heterocycles. The van der Waals surface area contributed by atoms with Crippen LogP contribution in [0.2, 0.25) is 0 Å². The molecular formula is C21H25N3O5S. The normalized spacial score (nSPS) is 16.1. The molecule has 3 rings (SSSR count). The number of carbonyl (C=O) groups excluding carboxylic acids is 2. The fourth-order valence-corrected chi connectivity index (χ4v) is 3.72. The van der Waals surface area contributed by atoms with E-state index in [1.807, 2.05) is 0 Å². The predicted octanol–water partition coefficient (Wildman–Crippen LogP) is 2.24. The lowest BCUT2D eigenvalue weighted by atomic mass is 10.1. The van der Waals surface area contributed by atoms with Crippen molar-refractivity contribution < 1.29 is 22.7 Å². The molecule has 0 spiro atoms. The summed E-state index contributed by atoms with van der Waals surface area (Å²) in [6, 6.07) is 13.1. The smallest absolute Gasteiger partial charge is 0.257 e. The molecule has 2 amide bonds. The van der Waals surface area contributed by atoms with Crippen molar-refractivity contribution in [3.8, 4) is 0 Å². The van der Waals surface area contributed by atoms with Crippen LogP contribution < -0.4 is 14.9 Å². The maximum atomic E-state index is 12.9. The Kier molecular flexibility index (Phi) is 6.73. The fourth-order valence-electron chi connectivity index (χ4n) is 3.21. The molecule has 1 fully saturated rings. The number of para-hydroxylation sites is 2. The Bertz CT molecular complexity index is 1030. The first-order valence-corrected chi connectivity index (χ1v) is 11.5. The Hall–Kier alpha value is -2.91. The standard InChI is InChI=1S/C21H25N3O5S/c1-24(30(2,27)28)19-12-6-4-10-17(19)21(26)23-18-11-5-3-9-16(18)20(25)22-14-15-8-7-13-29-15/h3-6,9-12,15H,7-8,13-14H2,1-2H3,(H,22,25)(H,23,26)/t15-/m0/s1. The second-order valence-electron chi connectivity index (χ2n) is 7.09. The average molecular weight is 432 g/mol. The molecule has 0 bridgehead atoms. The zero-order chi connectivity index (χ0) is 21.7. The Labute approximate surface area is 176 Å². The van der Waals surface area contributed by atoms with Crippen molar-refractivity contribution in [3.63, 3.8) is 0 Å². The highest BCUT2D eigenvalue weighted by molar-refractivity contribution is 7.92. The Morgan fingerprint density at radius 1 is 1.07 bits per heavy atom. The van der Waals surface area contributed by atoms with Gasteiger partial charge in [-0.15, -0.1) is 0 Å². The molecule has 160 valence electrons. The maximum Gasteiger partial charge on any atom is 0.257 e. The van der Waals surface area contributed by atoms with E-state index in [-0.39, 0.29) is 23.3 Å². The SMILES string of the molecule is CN(c1ccccc1C(=O)Nc1ccccc1C(=O)NC[C@@H]1CCCO1)S(C)(=O)=O. The molecule has 1 saturated heterocycles. The molecule has 0 unspecified atom stereocenters. The van der Waals surface area contributed by atoms with Crippen molar-refractivity contribution in [2.45, 2.75) is 18.9 Å². The highest BCUT2D eigenvalue weighted by Crippen LogP contribution is 2.24. The summed E-state index contributed by atoms with van der Waals surface area (Å²) in [7, 11) is -2.16. The minimum absolute atomic E-state index is 0.00844. The van der Waals surface area contributed by atoms with E-state index < -0.39 is 15.9 Å². The third-order valence-corrected chi connectivity index (χ3v) is 6.11. The van der Waals surface area contributed by atoms with E-state index in [0.29, 0.717) is 24.4 Å². The quantitative estimate of drug-likeness (QED) is 0.700. The highest BCUT2D eigenvalue weighted by Gasteiger charge is 2.22. The molecule has 1 atom stereocenters. The van der Waals surface area contributed by atoms with Gasteiger partial charge in [0.15, 0.2) is 0 Å². The van der Waals surface area contributed by atoms with Gasteiger partial charge in [0.05, 0.1) is 34.9 Å². The van der Waals surface area contributed by atoms with Crippen molar-refractivity contribution in [2.24, 2.45) is 0 Å². The number of sulfonamides is 1. The van der Waals surface area contributed by atoms with Gasteiger partial charge in [-0.3, -0.25) is 13.9 Å². The van der Waals surface area contributed by atoms with E-state index in [4.69, 9.17) is 4.74 Å². The highest BCUT2D eigenvalue weighted by atomic mass is 32.2. The summed E-state index contributed by atoms with van der Waals surface area (Å²) in [5, 5.41) is 5.57. The van der Waals surface area contributed by atoms with Crippen LogP contribution in [-0.4, -0.2) is 52.8 Å². The molecule has 2 N–H and O–H groups in total. The Morgan fingerprint density at radius 2 is 1.73 bits per heavy atom. The minimum Gasteiger partial charge on any atom is -0.376 e. The molecule has 0 aliphatic carbocycles. The summed E-state index contributed by atoms with van der Waals surface area (Å²) >= 11 is 0. The molecule has 2 aromatic carbocycles. The fraction of sp³-hybridized carbons (Fsp3) is 0.333. The molecule has 2 aromatic rings. The number of rotatable bonds is 7. The van der Waals surface area contributed by atoms with Gasteiger partial charge < -0.3 is 15.4 Å². The second-order valence-corrected chi connectivity index (χ2v) is 9.11. The number of nitrogens with zero attached hydrogens (tertiary/aromatic N) is 1. The molecule has 1 aliphatic rings. The zero-order valence-electron chi connectivity index (χ0n) is 16.9. The van der Waals surface area contributed by atoms with Crippen molar-refractivity contribution in [1.29, 1.82) is 0 Å². The van der Waals surface area contributed by atoms with Gasteiger partial charge in [-0.25, -0.2) is 8.42 Å². The Balaban J connectivity index is 1.79. The number of hydrogen-bond donors (Lipinski definition) is 2. The van der Waals surface area contributed by atoms with Crippen LogP contribution in [0.5, 0.6) is 0 Å². The van der Waals surface area contributed by atoms with Gasteiger partial charge in [-0.05, 0) is 37.1 Å². The van der Waals surface area contributed by atoms with E-state index in [2.05, 4.69) is 10.6 Å². The first-order chi connectivity index (χ1) is 14.3. The zero-order valence-corrected chi connectivity index (χ0v) is 17.7. The van der Waals surface area contributed by atoms with Crippen molar-refractivity contribution >= 4 is 33.2 Å². The minimum atomic E-state index is -3.54. The molecule has 1 heterocycles. The molecule has 30 heavy (non-hydrogen) atoms. The lowest BCUT2D eigenvalue weighted by Crippen LogP contribution is -2.32. The third-order valence-electron chi connectivity index (χ3n) is 4.92.